The first-order valence-corrected chi connectivity index (χ1v) is 7.24. The van der Waals surface area contributed by atoms with E-state index in [1.54, 1.807) is 6.07 Å². The van der Waals surface area contributed by atoms with Crippen LogP contribution in [0.3, 0.4) is 0 Å². The van der Waals surface area contributed by atoms with Crippen LogP contribution in [0.5, 0.6) is 0 Å². The molecule has 0 fully saturated rings. The number of hydrogen-bond acceptors (Lipinski definition) is 4. The molecule has 1 N–H and O–H groups in total. The Kier molecular flexibility index (Phi) is 4.87. The van der Waals surface area contributed by atoms with Gasteiger partial charge in [0.05, 0.1) is 6.42 Å². The van der Waals surface area contributed by atoms with Crippen LogP contribution in [0.25, 0.3) is 0 Å². The van der Waals surface area contributed by atoms with Crippen molar-refractivity contribution >= 4 is 34.0 Å². The quantitative estimate of drug-likeness (QED) is 0.920. The molecular weight excluding hydrogens is 282 g/mol. The summed E-state index contributed by atoms with van der Waals surface area (Å²) in [6.07, 6.45) is 2.14. The van der Waals surface area contributed by atoms with Gasteiger partial charge in [0, 0.05) is 11.4 Å². The maximum atomic E-state index is 11.9. The molecule has 0 atom stereocenters. The summed E-state index contributed by atoms with van der Waals surface area (Å²) < 4.78 is 0. The third kappa shape index (κ3) is 4.01. The van der Waals surface area contributed by atoms with Crippen LogP contribution >= 0.6 is 22.9 Å². The van der Waals surface area contributed by atoms with Crippen LogP contribution in [-0.2, 0) is 17.6 Å². The third-order valence-corrected chi connectivity index (χ3v) is 3.75. The number of carbonyl (C=O) groups is 1. The molecule has 0 bridgehead atoms. The van der Waals surface area contributed by atoms with Gasteiger partial charge >= 0.3 is 0 Å². The van der Waals surface area contributed by atoms with E-state index in [9.17, 15) is 4.79 Å². The van der Waals surface area contributed by atoms with Gasteiger partial charge in [-0.15, -0.1) is 10.2 Å². The highest BCUT2D eigenvalue weighted by Gasteiger charge is 2.10. The number of nitrogens with zero attached hydrogens (tertiary/aromatic N) is 2. The molecule has 1 aromatic carbocycles. The number of anilines is 1. The molecule has 1 heterocycles. The number of nitrogens with one attached hydrogen (secondary N) is 1. The van der Waals surface area contributed by atoms with Crippen LogP contribution in [0.2, 0.25) is 5.02 Å². The van der Waals surface area contributed by atoms with Gasteiger partial charge < -0.3 is 5.32 Å². The van der Waals surface area contributed by atoms with Crippen molar-refractivity contribution in [2.24, 2.45) is 0 Å². The second kappa shape index (κ2) is 6.63. The second-order valence-electron chi connectivity index (χ2n) is 4.07. The summed E-state index contributed by atoms with van der Waals surface area (Å²) in [4.78, 5) is 11.9. The molecule has 2 rings (SSSR count). The molecule has 0 aliphatic rings. The van der Waals surface area contributed by atoms with Gasteiger partial charge in [-0.05, 0) is 18.1 Å². The maximum absolute atomic E-state index is 11.9. The molecule has 1 aromatic heterocycles. The van der Waals surface area contributed by atoms with E-state index in [2.05, 4.69) is 22.4 Å². The van der Waals surface area contributed by atoms with Crippen molar-refractivity contribution in [1.82, 2.24) is 10.2 Å². The topological polar surface area (TPSA) is 54.9 Å². The Morgan fingerprint density at radius 3 is 2.89 bits per heavy atom. The lowest BCUT2D eigenvalue weighted by molar-refractivity contribution is -0.115. The predicted octanol–water partition coefficient (Wildman–Crippen LogP) is 3.33. The van der Waals surface area contributed by atoms with Crippen LogP contribution in [0.1, 0.15) is 23.9 Å². The number of hydrogen-bond donors (Lipinski definition) is 1. The van der Waals surface area contributed by atoms with Gasteiger partial charge in [-0.25, -0.2) is 0 Å². The van der Waals surface area contributed by atoms with Crippen LogP contribution in [0.4, 0.5) is 5.13 Å². The average molecular weight is 296 g/mol. The van der Waals surface area contributed by atoms with Crippen molar-refractivity contribution in [3.63, 3.8) is 0 Å². The van der Waals surface area contributed by atoms with Crippen molar-refractivity contribution in [3.8, 4) is 0 Å². The van der Waals surface area contributed by atoms with Gasteiger partial charge in [0.1, 0.15) is 5.01 Å². The second-order valence-corrected chi connectivity index (χ2v) is 5.54. The first-order chi connectivity index (χ1) is 9.19. The molecule has 4 nitrogen and oxygen atoms in total. The monoisotopic (exact) mass is 295 g/mol. The lowest BCUT2D eigenvalue weighted by Gasteiger charge is -2.03. The zero-order valence-electron chi connectivity index (χ0n) is 10.5. The number of carbonyl (C=O) groups excluding carboxylic acids is 1. The smallest absolute Gasteiger partial charge is 0.230 e. The summed E-state index contributed by atoms with van der Waals surface area (Å²) >= 11 is 7.42. The molecule has 100 valence electrons. The molecule has 0 radical (unpaired) electrons. The fourth-order valence-corrected chi connectivity index (χ4v) is 2.66. The van der Waals surface area contributed by atoms with Crippen molar-refractivity contribution in [1.29, 1.82) is 0 Å². The molecule has 2 aromatic rings. The summed E-state index contributed by atoms with van der Waals surface area (Å²) in [5, 5.41) is 12.8. The standard InChI is InChI=1S/C13H14ClN3OS/c1-2-5-12-16-17-13(19-12)15-11(18)8-9-6-3-4-7-10(9)14/h3-4,6-7H,2,5,8H2,1H3,(H,15,17,18). The zero-order valence-corrected chi connectivity index (χ0v) is 12.1. The highest BCUT2D eigenvalue weighted by atomic mass is 35.5. The Balaban J connectivity index is 1.95. The van der Waals surface area contributed by atoms with E-state index < -0.39 is 0 Å². The van der Waals surface area contributed by atoms with Gasteiger partial charge in [0.15, 0.2) is 0 Å². The van der Waals surface area contributed by atoms with Crippen molar-refractivity contribution < 1.29 is 4.79 Å². The minimum atomic E-state index is -0.132. The van der Waals surface area contributed by atoms with Crippen molar-refractivity contribution in [2.75, 3.05) is 5.32 Å². The Morgan fingerprint density at radius 2 is 2.16 bits per heavy atom. The number of halogens is 1. The van der Waals surface area contributed by atoms with Crippen molar-refractivity contribution in [3.05, 3.63) is 39.9 Å². The summed E-state index contributed by atoms with van der Waals surface area (Å²) in [7, 11) is 0. The summed E-state index contributed by atoms with van der Waals surface area (Å²) in [6.45, 7) is 2.08. The SMILES string of the molecule is CCCc1nnc(NC(=O)Cc2ccccc2Cl)s1. The highest BCUT2D eigenvalue weighted by Crippen LogP contribution is 2.18. The molecule has 0 unspecified atom stereocenters. The summed E-state index contributed by atoms with van der Waals surface area (Å²) in [5.74, 6) is -0.132. The fraction of sp³-hybridized carbons (Fsp3) is 0.308. The van der Waals surface area contributed by atoms with E-state index in [1.165, 1.54) is 11.3 Å². The van der Waals surface area contributed by atoms with E-state index in [1.807, 2.05) is 18.2 Å². The minimum absolute atomic E-state index is 0.132. The van der Waals surface area contributed by atoms with Gasteiger partial charge in [0.25, 0.3) is 0 Å². The molecule has 19 heavy (non-hydrogen) atoms. The number of aromatic nitrogens is 2. The first-order valence-electron chi connectivity index (χ1n) is 6.04. The number of aryl methyl sites for hydroxylation is 1. The molecule has 0 aliphatic heterocycles. The number of rotatable bonds is 5. The summed E-state index contributed by atoms with van der Waals surface area (Å²) in [6, 6.07) is 7.31. The minimum Gasteiger partial charge on any atom is -0.300 e. The van der Waals surface area contributed by atoms with E-state index >= 15 is 0 Å². The Hall–Kier alpha value is -1.46. The van der Waals surface area contributed by atoms with Gasteiger partial charge in [-0.3, -0.25) is 4.79 Å². The third-order valence-electron chi connectivity index (χ3n) is 2.49. The Labute approximate surface area is 120 Å². The molecular formula is C13H14ClN3OS. The number of benzene rings is 1. The van der Waals surface area contributed by atoms with Gasteiger partial charge in [-0.2, -0.15) is 0 Å². The zero-order chi connectivity index (χ0) is 13.7. The predicted molar refractivity (Wildman–Crippen MR) is 77.7 cm³/mol. The number of amides is 1. The van der Waals surface area contributed by atoms with Crippen LogP contribution in [0, 0.1) is 0 Å². The van der Waals surface area contributed by atoms with E-state index in [-0.39, 0.29) is 12.3 Å². The largest absolute Gasteiger partial charge is 0.300 e. The van der Waals surface area contributed by atoms with Crippen molar-refractivity contribution in [2.45, 2.75) is 26.2 Å². The van der Waals surface area contributed by atoms with Crippen LogP contribution in [-0.4, -0.2) is 16.1 Å². The van der Waals surface area contributed by atoms with Gasteiger partial charge in [0.2, 0.25) is 11.0 Å². The Morgan fingerprint density at radius 1 is 1.37 bits per heavy atom. The highest BCUT2D eigenvalue weighted by molar-refractivity contribution is 7.15. The normalized spacial score (nSPS) is 10.4. The molecule has 0 spiro atoms. The fourth-order valence-electron chi connectivity index (χ4n) is 1.60. The molecule has 0 aliphatic carbocycles. The molecule has 0 saturated heterocycles. The first kappa shape index (κ1) is 14.0. The Bertz CT molecular complexity index is 571. The van der Waals surface area contributed by atoms with E-state index in [0.717, 1.165) is 23.4 Å². The average Bonchev–Trinajstić information content (AvgIpc) is 2.80. The van der Waals surface area contributed by atoms with Crippen LogP contribution < -0.4 is 5.32 Å². The lowest BCUT2D eigenvalue weighted by Crippen LogP contribution is -2.14. The molecule has 1 amide bonds. The molecule has 6 heteroatoms. The van der Waals surface area contributed by atoms with E-state index in [4.69, 9.17) is 11.6 Å². The summed E-state index contributed by atoms with van der Waals surface area (Å²) in [5.41, 5.74) is 0.806. The maximum Gasteiger partial charge on any atom is 0.230 e. The lowest BCUT2D eigenvalue weighted by atomic mass is 10.1. The van der Waals surface area contributed by atoms with E-state index in [0.29, 0.717) is 10.2 Å². The molecule has 0 saturated carbocycles. The van der Waals surface area contributed by atoms with Crippen LogP contribution in [0.15, 0.2) is 24.3 Å². The van der Waals surface area contributed by atoms with Gasteiger partial charge in [-0.1, -0.05) is 48.1 Å².